The first kappa shape index (κ1) is 83.6. The summed E-state index contributed by atoms with van der Waals surface area (Å²) in [5.41, 5.74) is 0. The van der Waals surface area contributed by atoms with Gasteiger partial charge < -0.3 is 27.9 Å². The number of rotatable bonds is 63. The van der Waals surface area contributed by atoms with E-state index in [4.69, 9.17) is 18.5 Å². The van der Waals surface area contributed by atoms with Crippen LogP contribution in [-0.4, -0.2) is 70.0 Å². The Balaban J connectivity index is 4.03. The minimum atomic E-state index is -4.67. The third-order valence-corrected chi connectivity index (χ3v) is 15.5. The number of carbonyl (C=O) groups is 2. The number of phosphoric ester groups is 1. The summed E-state index contributed by atoms with van der Waals surface area (Å²) in [5.74, 6) is -0.905. The number of ether oxygens (including phenoxy) is 2. The smallest absolute Gasteiger partial charge is 0.306 e. The Morgan fingerprint density at radius 2 is 0.625 bits per heavy atom. The largest absolute Gasteiger partial charge is 0.756 e. The van der Waals surface area contributed by atoms with Crippen LogP contribution in [0.15, 0.2) is 158 Å². The van der Waals surface area contributed by atoms with E-state index in [1.165, 1.54) is 128 Å². The maximum absolute atomic E-state index is 12.8. The van der Waals surface area contributed by atoms with Gasteiger partial charge in [-0.25, -0.2) is 0 Å². The molecule has 0 heterocycles. The SMILES string of the molecule is CC/C=C\C/C=C\C/C=C\C/C=C\C/C=C\C/C=C\C/C=C\CCCC(=O)OC(COC(=O)CCCCCCCCCCCCCCCCCCCCCCCC/C=C\C/C=C\C/C=C\C/C=C\C/C=C\C/C=C\CC)COP(=O)([O-])OCC[N+](C)(C)C. The van der Waals surface area contributed by atoms with Crippen LogP contribution in [0.1, 0.15) is 271 Å². The molecule has 88 heavy (non-hydrogen) atoms. The molecule has 500 valence electrons. The molecule has 10 heteroatoms. The van der Waals surface area contributed by atoms with Crippen LogP contribution in [0.3, 0.4) is 0 Å². The molecule has 0 rings (SSSR count). The van der Waals surface area contributed by atoms with Crippen molar-refractivity contribution in [2.75, 3.05) is 47.5 Å². The monoisotopic (exact) mass is 1240 g/mol. The van der Waals surface area contributed by atoms with Crippen LogP contribution in [0.4, 0.5) is 0 Å². The molecule has 0 bridgehead atoms. The van der Waals surface area contributed by atoms with Crippen LogP contribution in [-0.2, 0) is 32.7 Å². The van der Waals surface area contributed by atoms with E-state index in [-0.39, 0.29) is 26.1 Å². The molecule has 0 aromatic heterocycles. The molecule has 0 saturated heterocycles. The van der Waals surface area contributed by atoms with E-state index < -0.39 is 32.5 Å². The number of allylic oxidation sites excluding steroid dienone is 26. The molecular weight excluding hydrogens is 1110 g/mol. The van der Waals surface area contributed by atoms with E-state index in [0.717, 1.165) is 103 Å². The Morgan fingerprint density at radius 1 is 0.352 bits per heavy atom. The summed E-state index contributed by atoms with van der Waals surface area (Å²) in [7, 11) is 1.12. The fourth-order valence-corrected chi connectivity index (χ4v) is 9.97. The van der Waals surface area contributed by atoms with E-state index in [9.17, 15) is 19.0 Å². The Bertz CT molecular complexity index is 2040. The molecule has 0 spiro atoms. The molecule has 0 radical (unpaired) electrons. The van der Waals surface area contributed by atoms with Crippen molar-refractivity contribution in [1.82, 2.24) is 0 Å². The summed E-state index contributed by atoms with van der Waals surface area (Å²) in [4.78, 5) is 38.0. The summed E-state index contributed by atoms with van der Waals surface area (Å²) in [6, 6.07) is 0. The van der Waals surface area contributed by atoms with Gasteiger partial charge in [0.05, 0.1) is 27.7 Å². The maximum Gasteiger partial charge on any atom is 0.306 e. The predicted molar refractivity (Wildman–Crippen MR) is 378 cm³/mol. The summed E-state index contributed by atoms with van der Waals surface area (Å²) in [6.07, 6.45) is 101. The van der Waals surface area contributed by atoms with Gasteiger partial charge in [-0.05, 0) is 116 Å². The van der Waals surface area contributed by atoms with E-state index in [0.29, 0.717) is 23.9 Å². The van der Waals surface area contributed by atoms with Gasteiger partial charge >= 0.3 is 11.9 Å². The lowest BCUT2D eigenvalue weighted by Crippen LogP contribution is -2.37. The number of carbonyl (C=O) groups excluding carboxylic acids is 2. The predicted octanol–water partition coefficient (Wildman–Crippen LogP) is 22.5. The van der Waals surface area contributed by atoms with Crippen LogP contribution >= 0.6 is 7.82 Å². The Labute approximate surface area is 541 Å². The van der Waals surface area contributed by atoms with E-state index in [2.05, 4.69) is 166 Å². The topological polar surface area (TPSA) is 111 Å². The molecule has 0 aromatic rings. The number of hydrogen-bond donors (Lipinski definition) is 0. The second kappa shape index (κ2) is 67.0. The van der Waals surface area contributed by atoms with Crippen molar-refractivity contribution >= 4 is 19.8 Å². The van der Waals surface area contributed by atoms with E-state index >= 15 is 0 Å². The van der Waals surface area contributed by atoms with Crippen LogP contribution in [0.2, 0.25) is 0 Å². The molecule has 0 aliphatic heterocycles. The molecule has 2 atom stereocenters. The summed E-state index contributed by atoms with van der Waals surface area (Å²) in [5, 5.41) is 0. The van der Waals surface area contributed by atoms with Gasteiger partial charge in [0.2, 0.25) is 0 Å². The lowest BCUT2D eigenvalue weighted by atomic mass is 10.0. The van der Waals surface area contributed by atoms with Crippen molar-refractivity contribution in [3.8, 4) is 0 Å². The first-order valence-electron chi connectivity index (χ1n) is 35.2. The number of nitrogens with zero attached hydrogens (tertiary/aromatic N) is 1. The minimum Gasteiger partial charge on any atom is -0.756 e. The zero-order valence-electron chi connectivity index (χ0n) is 56.9. The zero-order valence-corrected chi connectivity index (χ0v) is 57.8. The highest BCUT2D eigenvalue weighted by atomic mass is 31.2. The van der Waals surface area contributed by atoms with Gasteiger partial charge in [-0.15, -0.1) is 0 Å². The number of esters is 2. The molecule has 0 aliphatic rings. The third-order valence-electron chi connectivity index (χ3n) is 14.5. The number of likely N-dealkylation sites (N-methyl/N-ethyl adjacent to an activating group) is 1. The molecule has 0 amide bonds. The lowest BCUT2D eigenvalue weighted by molar-refractivity contribution is -0.870. The second-order valence-corrected chi connectivity index (χ2v) is 25.5. The molecule has 0 fully saturated rings. The van der Waals surface area contributed by atoms with E-state index in [1.807, 2.05) is 27.2 Å². The van der Waals surface area contributed by atoms with Crippen LogP contribution in [0.5, 0.6) is 0 Å². The fourth-order valence-electron chi connectivity index (χ4n) is 9.24. The molecule has 2 unspecified atom stereocenters. The van der Waals surface area contributed by atoms with Gasteiger partial charge in [0.1, 0.15) is 19.8 Å². The van der Waals surface area contributed by atoms with Crippen molar-refractivity contribution < 1.29 is 42.1 Å². The maximum atomic E-state index is 12.8. The van der Waals surface area contributed by atoms with E-state index in [1.54, 1.807) is 0 Å². The normalized spacial score (nSPS) is 14.1. The molecule has 0 saturated carbocycles. The lowest BCUT2D eigenvalue weighted by Gasteiger charge is -2.28. The quantitative estimate of drug-likeness (QED) is 0.0195. The minimum absolute atomic E-state index is 0.0481. The number of quaternary nitrogens is 1. The van der Waals surface area contributed by atoms with Gasteiger partial charge in [-0.3, -0.25) is 14.2 Å². The number of phosphoric acid groups is 1. The Kier molecular flexibility index (Phi) is 63.7. The molecule has 0 N–H and O–H groups in total. The standard InChI is InChI=1S/C78H130NO8P/c1-6-8-10-12-14-16-18-20-22-24-26-28-30-31-32-33-34-35-36-37-38-39-40-41-42-43-44-45-46-47-49-50-52-54-56-58-60-62-64-66-68-70-77(80)84-74-76(75-86-88(82,83)85-73-72-79(3,4)5)87-78(81)71-69-67-65-63-61-59-57-55-53-51-48-29-27-25-23-21-19-17-15-13-11-9-7-2/h8-11,14-17,20-23,26-29,31-32,34-35,51,53,57,59,63,65,76H,6-7,12-13,18-19,24-25,30,33,36-50,52,54-56,58,60-62,64,66-75H2,1-5H3/b10-8-,11-9-,16-14-,17-15-,22-20-,23-21-,28-26-,29-27-,32-31-,35-34-,53-51-,59-57-,65-63-. The zero-order chi connectivity index (χ0) is 64.1. The van der Waals surface area contributed by atoms with Gasteiger partial charge in [0.25, 0.3) is 7.82 Å². The Morgan fingerprint density at radius 3 is 0.943 bits per heavy atom. The second-order valence-electron chi connectivity index (χ2n) is 24.1. The van der Waals surface area contributed by atoms with Crippen LogP contribution in [0, 0.1) is 0 Å². The fraction of sp³-hybridized carbons (Fsp3) is 0.641. The summed E-state index contributed by atoms with van der Waals surface area (Å²) in [6.45, 7) is 3.94. The summed E-state index contributed by atoms with van der Waals surface area (Å²) < 4.78 is 34.2. The van der Waals surface area contributed by atoms with Crippen molar-refractivity contribution in [3.63, 3.8) is 0 Å². The van der Waals surface area contributed by atoms with Gasteiger partial charge in [-0.2, -0.15) is 0 Å². The van der Waals surface area contributed by atoms with Crippen molar-refractivity contribution in [1.29, 1.82) is 0 Å². The highest BCUT2D eigenvalue weighted by Gasteiger charge is 2.22. The van der Waals surface area contributed by atoms with Gasteiger partial charge in [0, 0.05) is 12.8 Å². The molecule has 0 aromatic carbocycles. The van der Waals surface area contributed by atoms with Crippen molar-refractivity contribution in [3.05, 3.63) is 158 Å². The molecule has 9 nitrogen and oxygen atoms in total. The average Bonchev–Trinajstić information content (AvgIpc) is 3.68. The number of hydrogen-bond acceptors (Lipinski definition) is 8. The molecule has 0 aliphatic carbocycles. The van der Waals surface area contributed by atoms with Gasteiger partial charge in [0.15, 0.2) is 6.10 Å². The highest BCUT2D eigenvalue weighted by Crippen LogP contribution is 2.38. The van der Waals surface area contributed by atoms with Crippen molar-refractivity contribution in [2.45, 2.75) is 277 Å². The van der Waals surface area contributed by atoms with Crippen LogP contribution < -0.4 is 4.89 Å². The van der Waals surface area contributed by atoms with Gasteiger partial charge in [-0.1, -0.05) is 300 Å². The van der Waals surface area contributed by atoms with Crippen LogP contribution in [0.25, 0.3) is 0 Å². The highest BCUT2D eigenvalue weighted by molar-refractivity contribution is 7.45. The third kappa shape index (κ3) is 70.7. The van der Waals surface area contributed by atoms with Crippen molar-refractivity contribution in [2.24, 2.45) is 0 Å². The summed E-state index contributed by atoms with van der Waals surface area (Å²) >= 11 is 0. The first-order valence-corrected chi connectivity index (χ1v) is 36.7. The Hall–Kier alpha value is -4.37. The first-order chi connectivity index (χ1) is 43.0. The number of unbranched alkanes of at least 4 members (excludes halogenated alkanes) is 23. The average molecular weight is 1240 g/mol. The molecular formula is C78H130NO8P.